The number of amides is 1. The Morgan fingerprint density at radius 1 is 1.55 bits per heavy atom. The predicted molar refractivity (Wildman–Crippen MR) is 76.9 cm³/mol. The van der Waals surface area contributed by atoms with Gasteiger partial charge in [0.05, 0.1) is 23.9 Å². The quantitative estimate of drug-likeness (QED) is 0.929. The van der Waals surface area contributed by atoms with E-state index in [0.29, 0.717) is 12.4 Å². The van der Waals surface area contributed by atoms with Crippen molar-refractivity contribution in [3.8, 4) is 0 Å². The fourth-order valence-corrected chi connectivity index (χ4v) is 2.57. The van der Waals surface area contributed by atoms with Crippen LogP contribution in [0.15, 0.2) is 6.20 Å². The zero-order valence-corrected chi connectivity index (χ0v) is 12.6. The van der Waals surface area contributed by atoms with Gasteiger partial charge in [0.1, 0.15) is 5.82 Å². The van der Waals surface area contributed by atoms with E-state index < -0.39 is 0 Å². The molecule has 1 aromatic rings. The van der Waals surface area contributed by atoms with Gasteiger partial charge in [-0.3, -0.25) is 4.79 Å². The molecule has 1 amide bonds. The van der Waals surface area contributed by atoms with E-state index in [1.807, 2.05) is 13.8 Å². The number of aliphatic hydroxyl groups excluding tert-OH is 1. The van der Waals surface area contributed by atoms with Gasteiger partial charge in [-0.1, -0.05) is 25.4 Å². The highest BCUT2D eigenvalue weighted by molar-refractivity contribution is 6.33. The summed E-state index contributed by atoms with van der Waals surface area (Å²) in [6.07, 6.45) is 4.28. The second-order valence-corrected chi connectivity index (χ2v) is 5.82. The van der Waals surface area contributed by atoms with Crippen LogP contribution >= 0.6 is 11.6 Å². The first-order chi connectivity index (χ1) is 9.54. The summed E-state index contributed by atoms with van der Waals surface area (Å²) < 4.78 is 0. The molecule has 1 N–H and O–H groups in total. The molecule has 0 bridgehead atoms. The molecule has 1 aromatic heterocycles. The van der Waals surface area contributed by atoms with Crippen molar-refractivity contribution in [2.24, 2.45) is 0 Å². The summed E-state index contributed by atoms with van der Waals surface area (Å²) in [5.74, 6) is 0.530. The lowest BCUT2D eigenvalue weighted by molar-refractivity contribution is 0.0497. The summed E-state index contributed by atoms with van der Waals surface area (Å²) in [7, 11) is 0. The third-order valence-electron chi connectivity index (χ3n) is 3.58. The number of hydrogen-bond donors (Lipinski definition) is 1. The number of likely N-dealkylation sites (tertiary alicyclic amines) is 1. The molecule has 110 valence electrons. The minimum Gasteiger partial charge on any atom is -0.394 e. The Morgan fingerprint density at radius 2 is 2.30 bits per heavy atom. The van der Waals surface area contributed by atoms with E-state index in [4.69, 9.17) is 11.6 Å². The first kappa shape index (κ1) is 15.2. The zero-order chi connectivity index (χ0) is 14.7. The van der Waals surface area contributed by atoms with Crippen LogP contribution in [0.2, 0.25) is 5.02 Å². The van der Waals surface area contributed by atoms with Crippen molar-refractivity contribution in [3.63, 3.8) is 0 Å². The zero-order valence-electron chi connectivity index (χ0n) is 11.8. The average molecular weight is 298 g/mol. The molecule has 1 unspecified atom stereocenters. The summed E-state index contributed by atoms with van der Waals surface area (Å²) in [5.41, 5.74) is 0.241. The van der Waals surface area contributed by atoms with Crippen LogP contribution in [0.25, 0.3) is 0 Å². The number of nitrogens with zero attached hydrogens (tertiary/aromatic N) is 3. The fourth-order valence-electron chi connectivity index (χ4n) is 2.40. The van der Waals surface area contributed by atoms with Crippen LogP contribution < -0.4 is 0 Å². The molecular formula is C14H20ClN3O2. The molecule has 2 heterocycles. The summed E-state index contributed by atoms with van der Waals surface area (Å²) in [4.78, 5) is 22.7. The highest BCUT2D eigenvalue weighted by Crippen LogP contribution is 2.23. The van der Waals surface area contributed by atoms with Gasteiger partial charge in [-0.2, -0.15) is 0 Å². The van der Waals surface area contributed by atoms with Crippen molar-refractivity contribution >= 4 is 17.5 Å². The second kappa shape index (κ2) is 6.50. The van der Waals surface area contributed by atoms with E-state index in [-0.39, 0.29) is 35.2 Å². The second-order valence-electron chi connectivity index (χ2n) is 5.41. The van der Waals surface area contributed by atoms with Crippen LogP contribution in [-0.4, -0.2) is 45.1 Å². The maximum Gasteiger partial charge on any atom is 0.274 e. The minimum atomic E-state index is -0.210. The molecular weight excluding hydrogens is 278 g/mol. The maximum absolute atomic E-state index is 12.6. The Kier molecular flexibility index (Phi) is 4.94. The molecule has 2 rings (SSSR count). The van der Waals surface area contributed by atoms with Gasteiger partial charge in [-0.25, -0.2) is 9.97 Å². The molecule has 1 fully saturated rings. The SMILES string of the molecule is CC(C)c1ncc(Cl)c(C(=O)N2CCCCC2CO)n1. The molecule has 5 nitrogen and oxygen atoms in total. The van der Waals surface area contributed by atoms with Crippen molar-refractivity contribution < 1.29 is 9.90 Å². The van der Waals surface area contributed by atoms with Crippen molar-refractivity contribution in [2.45, 2.75) is 45.1 Å². The number of rotatable bonds is 3. The smallest absolute Gasteiger partial charge is 0.274 e. The molecule has 20 heavy (non-hydrogen) atoms. The van der Waals surface area contributed by atoms with E-state index in [2.05, 4.69) is 9.97 Å². The molecule has 0 aromatic carbocycles. The topological polar surface area (TPSA) is 66.3 Å². The Labute approximate surface area is 124 Å². The van der Waals surface area contributed by atoms with Gasteiger partial charge in [-0.15, -0.1) is 0 Å². The van der Waals surface area contributed by atoms with E-state index in [0.717, 1.165) is 19.3 Å². The average Bonchev–Trinajstić information content (AvgIpc) is 2.46. The maximum atomic E-state index is 12.6. The molecule has 6 heteroatoms. The summed E-state index contributed by atoms with van der Waals surface area (Å²) >= 11 is 6.07. The van der Waals surface area contributed by atoms with Crippen molar-refractivity contribution in [3.05, 3.63) is 22.7 Å². The number of carbonyl (C=O) groups excluding carboxylic acids is 1. The van der Waals surface area contributed by atoms with Gasteiger partial charge >= 0.3 is 0 Å². The Morgan fingerprint density at radius 3 is 2.95 bits per heavy atom. The largest absolute Gasteiger partial charge is 0.394 e. The number of halogens is 1. The number of piperidine rings is 1. The van der Waals surface area contributed by atoms with Crippen LogP contribution in [0, 0.1) is 0 Å². The molecule has 0 saturated carbocycles. The van der Waals surface area contributed by atoms with Gasteiger partial charge < -0.3 is 10.0 Å². The first-order valence-corrected chi connectivity index (χ1v) is 7.36. The Bertz CT molecular complexity index is 493. The Balaban J connectivity index is 2.29. The van der Waals surface area contributed by atoms with Crippen LogP contribution in [0.5, 0.6) is 0 Å². The van der Waals surface area contributed by atoms with Crippen LogP contribution in [-0.2, 0) is 0 Å². The standard InChI is InChI=1S/C14H20ClN3O2/c1-9(2)13-16-7-11(15)12(17-13)14(20)18-6-4-3-5-10(18)8-19/h7,9-10,19H,3-6,8H2,1-2H3. The van der Waals surface area contributed by atoms with E-state index >= 15 is 0 Å². The number of carbonyl (C=O) groups is 1. The highest BCUT2D eigenvalue weighted by atomic mass is 35.5. The van der Waals surface area contributed by atoms with Crippen LogP contribution in [0.4, 0.5) is 0 Å². The minimum absolute atomic E-state index is 0.0223. The van der Waals surface area contributed by atoms with Crippen LogP contribution in [0.1, 0.15) is 55.3 Å². The number of aromatic nitrogens is 2. The summed E-state index contributed by atoms with van der Waals surface area (Å²) in [6.45, 7) is 4.55. The summed E-state index contributed by atoms with van der Waals surface area (Å²) in [6, 6.07) is -0.134. The molecule has 1 aliphatic heterocycles. The fraction of sp³-hybridized carbons (Fsp3) is 0.643. The lowest BCUT2D eigenvalue weighted by Crippen LogP contribution is -2.46. The molecule has 0 radical (unpaired) electrons. The van der Waals surface area contributed by atoms with Gasteiger partial charge in [-0.05, 0) is 19.3 Å². The monoisotopic (exact) mass is 297 g/mol. The third-order valence-corrected chi connectivity index (χ3v) is 3.86. The molecule has 0 aliphatic carbocycles. The Hall–Kier alpha value is -1.20. The van der Waals surface area contributed by atoms with Gasteiger partial charge in [0.15, 0.2) is 5.69 Å². The molecule has 1 aliphatic rings. The van der Waals surface area contributed by atoms with E-state index in [1.54, 1.807) is 4.90 Å². The van der Waals surface area contributed by atoms with Crippen molar-refractivity contribution in [1.82, 2.24) is 14.9 Å². The molecule has 1 saturated heterocycles. The van der Waals surface area contributed by atoms with Gasteiger partial charge in [0.25, 0.3) is 5.91 Å². The lowest BCUT2D eigenvalue weighted by Gasteiger charge is -2.34. The highest BCUT2D eigenvalue weighted by Gasteiger charge is 2.29. The van der Waals surface area contributed by atoms with Crippen LogP contribution in [0.3, 0.4) is 0 Å². The van der Waals surface area contributed by atoms with Crippen molar-refractivity contribution in [2.75, 3.05) is 13.2 Å². The number of aliphatic hydroxyl groups is 1. The molecule has 0 spiro atoms. The predicted octanol–water partition coefficient (Wildman–Crippen LogP) is 2.24. The normalized spacial score (nSPS) is 19.4. The van der Waals surface area contributed by atoms with E-state index in [1.165, 1.54) is 6.20 Å². The van der Waals surface area contributed by atoms with Gasteiger partial charge in [0.2, 0.25) is 0 Å². The first-order valence-electron chi connectivity index (χ1n) is 6.98. The van der Waals surface area contributed by atoms with E-state index in [9.17, 15) is 9.90 Å². The lowest BCUT2D eigenvalue weighted by atomic mass is 10.0. The third kappa shape index (κ3) is 3.10. The summed E-state index contributed by atoms with van der Waals surface area (Å²) in [5, 5.41) is 9.68. The molecule has 1 atom stereocenters. The number of hydrogen-bond acceptors (Lipinski definition) is 4. The van der Waals surface area contributed by atoms with Gasteiger partial charge in [0, 0.05) is 12.5 Å². The van der Waals surface area contributed by atoms with Crippen molar-refractivity contribution in [1.29, 1.82) is 0 Å².